The highest BCUT2D eigenvalue weighted by Crippen LogP contribution is 2.30. The van der Waals surface area contributed by atoms with Crippen LogP contribution in [0.4, 0.5) is 17.1 Å². The Morgan fingerprint density at radius 2 is 1.57 bits per heavy atom. The minimum absolute atomic E-state index is 0.0875. The van der Waals surface area contributed by atoms with Crippen LogP contribution in [0.1, 0.15) is 27.0 Å². The molecular weight excluding hydrogens is 494 g/mol. The molecule has 0 atom stereocenters. The molecular formula is C28H24ClN3O5. The van der Waals surface area contributed by atoms with Crippen molar-refractivity contribution < 1.29 is 23.9 Å². The fourth-order valence-corrected chi connectivity index (χ4v) is 4.24. The van der Waals surface area contributed by atoms with Crippen molar-refractivity contribution >= 4 is 52.4 Å². The number of ether oxygens (including phenoxy) is 1. The van der Waals surface area contributed by atoms with Crippen LogP contribution in [0.2, 0.25) is 0 Å². The highest BCUT2D eigenvalue weighted by atomic mass is 35.5. The fraction of sp³-hybridized carbons (Fsp3) is 0.143. The van der Waals surface area contributed by atoms with Gasteiger partial charge in [-0.1, -0.05) is 35.9 Å². The van der Waals surface area contributed by atoms with Gasteiger partial charge in [0.05, 0.1) is 24.8 Å². The normalized spacial score (nSPS) is 13.1. The Bertz CT molecular complexity index is 1430. The molecule has 0 aromatic heterocycles. The van der Waals surface area contributed by atoms with Gasteiger partial charge in [0.1, 0.15) is 10.7 Å². The fourth-order valence-electron chi connectivity index (χ4n) is 4.02. The second-order valence-corrected chi connectivity index (χ2v) is 8.98. The number of amides is 3. The molecule has 8 nitrogen and oxygen atoms in total. The van der Waals surface area contributed by atoms with Crippen molar-refractivity contribution in [1.29, 1.82) is 0 Å². The summed E-state index contributed by atoms with van der Waals surface area (Å²) in [5.41, 5.74) is 4.44. The standard InChI is InChI=1S/C28H24ClN3O5/c1-16-11-17(2)13-21(12-16)30-23(33)14-18-7-9-20(10-8-18)31-25-24(29)26(34)32(27(25)35)22-6-4-5-19(15-22)28(36)37-3/h4-13,15,31H,14H2,1-3H3,(H,30,33). The molecule has 0 bridgehead atoms. The van der Waals surface area contributed by atoms with Gasteiger partial charge in [0.25, 0.3) is 11.8 Å². The lowest BCUT2D eigenvalue weighted by atomic mass is 10.1. The zero-order valence-corrected chi connectivity index (χ0v) is 21.2. The average molecular weight is 518 g/mol. The smallest absolute Gasteiger partial charge is 0.337 e. The maximum atomic E-state index is 13.0. The van der Waals surface area contributed by atoms with Gasteiger partial charge in [-0.05, 0) is 73.0 Å². The predicted octanol–water partition coefficient (Wildman–Crippen LogP) is 4.71. The summed E-state index contributed by atoms with van der Waals surface area (Å²) < 4.78 is 4.70. The number of nitrogens with one attached hydrogen (secondary N) is 2. The summed E-state index contributed by atoms with van der Waals surface area (Å²) in [4.78, 5) is 51.0. The molecule has 1 heterocycles. The quantitative estimate of drug-likeness (QED) is 0.347. The number of carbonyl (C=O) groups excluding carboxylic acids is 4. The van der Waals surface area contributed by atoms with Crippen molar-refractivity contribution in [3.05, 3.63) is 99.7 Å². The molecule has 0 saturated heterocycles. The molecule has 0 aliphatic carbocycles. The van der Waals surface area contributed by atoms with Gasteiger partial charge in [-0.3, -0.25) is 14.4 Å². The van der Waals surface area contributed by atoms with Crippen molar-refractivity contribution in [3.63, 3.8) is 0 Å². The number of aryl methyl sites for hydroxylation is 2. The van der Waals surface area contributed by atoms with E-state index in [1.807, 2.05) is 32.0 Å². The summed E-state index contributed by atoms with van der Waals surface area (Å²) in [6.07, 6.45) is 0.165. The van der Waals surface area contributed by atoms with Gasteiger partial charge in [-0.25, -0.2) is 9.69 Å². The monoisotopic (exact) mass is 517 g/mol. The number of rotatable bonds is 7. The van der Waals surface area contributed by atoms with Gasteiger partial charge in [0, 0.05) is 11.4 Å². The van der Waals surface area contributed by atoms with E-state index in [9.17, 15) is 19.2 Å². The highest BCUT2D eigenvalue weighted by molar-refractivity contribution is 6.53. The van der Waals surface area contributed by atoms with E-state index < -0.39 is 17.8 Å². The molecule has 0 fully saturated rings. The molecule has 1 aliphatic heterocycles. The second kappa shape index (κ2) is 10.7. The lowest BCUT2D eigenvalue weighted by Crippen LogP contribution is -2.32. The topological polar surface area (TPSA) is 105 Å². The largest absolute Gasteiger partial charge is 0.465 e. The summed E-state index contributed by atoms with van der Waals surface area (Å²) in [5, 5.41) is 5.52. The third-order valence-electron chi connectivity index (χ3n) is 5.65. The zero-order chi connectivity index (χ0) is 26.7. The second-order valence-electron chi connectivity index (χ2n) is 8.60. The van der Waals surface area contributed by atoms with E-state index in [1.54, 1.807) is 24.3 Å². The first-order chi connectivity index (χ1) is 17.7. The molecule has 188 valence electrons. The zero-order valence-electron chi connectivity index (χ0n) is 20.4. The van der Waals surface area contributed by atoms with Crippen molar-refractivity contribution in [1.82, 2.24) is 0 Å². The summed E-state index contributed by atoms with van der Waals surface area (Å²) in [6.45, 7) is 3.94. The maximum absolute atomic E-state index is 13.0. The van der Waals surface area contributed by atoms with Crippen molar-refractivity contribution in [2.45, 2.75) is 20.3 Å². The molecule has 3 aromatic carbocycles. The molecule has 3 amide bonds. The lowest BCUT2D eigenvalue weighted by molar-refractivity contribution is -0.120. The molecule has 4 rings (SSSR count). The van der Waals surface area contributed by atoms with E-state index in [2.05, 4.69) is 10.6 Å². The number of carbonyl (C=O) groups is 4. The van der Waals surface area contributed by atoms with Crippen molar-refractivity contribution in [3.8, 4) is 0 Å². The van der Waals surface area contributed by atoms with E-state index >= 15 is 0 Å². The Labute approximate surface area is 218 Å². The van der Waals surface area contributed by atoms with Crippen LogP contribution in [-0.2, 0) is 25.5 Å². The van der Waals surface area contributed by atoms with E-state index in [-0.39, 0.29) is 34.3 Å². The molecule has 0 unspecified atom stereocenters. The van der Waals surface area contributed by atoms with Crippen LogP contribution >= 0.6 is 11.6 Å². The number of hydrogen-bond acceptors (Lipinski definition) is 6. The number of anilines is 3. The molecule has 1 aliphatic rings. The van der Waals surface area contributed by atoms with Gasteiger partial charge < -0.3 is 15.4 Å². The highest BCUT2D eigenvalue weighted by Gasteiger charge is 2.39. The predicted molar refractivity (Wildman–Crippen MR) is 141 cm³/mol. The van der Waals surface area contributed by atoms with Crippen molar-refractivity contribution in [2.75, 3.05) is 22.6 Å². The Balaban J connectivity index is 1.43. The molecule has 37 heavy (non-hydrogen) atoms. The maximum Gasteiger partial charge on any atom is 0.337 e. The first-order valence-electron chi connectivity index (χ1n) is 11.4. The number of esters is 1. The number of nitrogens with zero attached hydrogens (tertiary/aromatic N) is 1. The van der Waals surface area contributed by atoms with E-state index in [0.717, 1.165) is 27.3 Å². The van der Waals surface area contributed by atoms with Crippen LogP contribution in [0, 0.1) is 13.8 Å². The minimum Gasteiger partial charge on any atom is -0.465 e. The van der Waals surface area contributed by atoms with E-state index in [0.29, 0.717) is 5.69 Å². The van der Waals surface area contributed by atoms with Gasteiger partial charge in [-0.15, -0.1) is 0 Å². The average Bonchev–Trinajstić information content (AvgIpc) is 3.07. The first-order valence-corrected chi connectivity index (χ1v) is 11.7. The SMILES string of the molecule is COC(=O)c1cccc(N2C(=O)C(Cl)=C(Nc3ccc(CC(=O)Nc4cc(C)cc(C)c4)cc3)C2=O)c1. The van der Waals surface area contributed by atoms with E-state index in [1.165, 1.54) is 31.4 Å². The summed E-state index contributed by atoms with van der Waals surface area (Å²) in [5.74, 6) is -2.12. The van der Waals surface area contributed by atoms with Gasteiger partial charge in [0.2, 0.25) is 5.91 Å². The van der Waals surface area contributed by atoms with Crippen LogP contribution in [0.15, 0.2) is 77.5 Å². The van der Waals surface area contributed by atoms with Crippen LogP contribution in [0.3, 0.4) is 0 Å². The van der Waals surface area contributed by atoms with Crippen LogP contribution in [0.5, 0.6) is 0 Å². The molecule has 0 saturated carbocycles. The Morgan fingerprint density at radius 1 is 0.892 bits per heavy atom. The third kappa shape index (κ3) is 5.70. The third-order valence-corrected chi connectivity index (χ3v) is 6.00. The van der Waals surface area contributed by atoms with Crippen LogP contribution in [0.25, 0.3) is 0 Å². The summed E-state index contributed by atoms with van der Waals surface area (Å²) >= 11 is 6.21. The lowest BCUT2D eigenvalue weighted by Gasteiger charge is -2.16. The number of halogens is 1. The van der Waals surface area contributed by atoms with Crippen LogP contribution < -0.4 is 15.5 Å². The molecule has 0 radical (unpaired) electrons. The number of benzene rings is 3. The van der Waals surface area contributed by atoms with Crippen LogP contribution in [-0.4, -0.2) is 30.8 Å². The summed E-state index contributed by atoms with van der Waals surface area (Å²) in [6, 6.07) is 18.7. The molecule has 9 heteroatoms. The van der Waals surface area contributed by atoms with Crippen molar-refractivity contribution in [2.24, 2.45) is 0 Å². The van der Waals surface area contributed by atoms with E-state index in [4.69, 9.17) is 16.3 Å². The van der Waals surface area contributed by atoms with Gasteiger partial charge in [0.15, 0.2) is 0 Å². The number of imide groups is 1. The molecule has 0 spiro atoms. The molecule has 2 N–H and O–H groups in total. The number of hydrogen-bond donors (Lipinski definition) is 2. The number of methoxy groups -OCH3 is 1. The minimum atomic E-state index is -0.712. The Hall–Kier alpha value is -4.43. The molecule has 3 aromatic rings. The summed E-state index contributed by atoms with van der Waals surface area (Å²) in [7, 11) is 1.24. The van der Waals surface area contributed by atoms with Gasteiger partial charge >= 0.3 is 5.97 Å². The Kier molecular flexibility index (Phi) is 7.40. The first kappa shape index (κ1) is 25.7. The van der Waals surface area contributed by atoms with Gasteiger partial charge in [-0.2, -0.15) is 0 Å². The Morgan fingerprint density at radius 3 is 2.22 bits per heavy atom.